The minimum Gasteiger partial charge on any atom is -0.413 e. The van der Waals surface area contributed by atoms with Gasteiger partial charge in [-0.2, -0.15) is 0 Å². The standard InChI is InChI=1S/C21H36O2Si/c1-19(2,3)24(7,8)23-13-15-9-14-10-20(4,5)11-16(14)21(6)12-17(22)18(15)21/h9,14,16,18H,10-13H2,1-8H3/t14-,16+,18-,21-/m1/s1. The first-order valence-corrected chi connectivity index (χ1v) is 12.5. The van der Waals surface area contributed by atoms with Gasteiger partial charge in [-0.3, -0.25) is 4.79 Å². The summed E-state index contributed by atoms with van der Waals surface area (Å²) in [6, 6.07) is 0. The Kier molecular flexibility index (Phi) is 4.05. The van der Waals surface area contributed by atoms with Crippen molar-refractivity contribution in [2.75, 3.05) is 6.61 Å². The summed E-state index contributed by atoms with van der Waals surface area (Å²) in [4.78, 5) is 12.5. The summed E-state index contributed by atoms with van der Waals surface area (Å²) < 4.78 is 6.50. The molecule has 0 saturated heterocycles. The molecule has 3 rings (SSSR count). The fraction of sp³-hybridized carbons (Fsp3) is 0.857. The van der Waals surface area contributed by atoms with Crippen LogP contribution in [0.2, 0.25) is 18.1 Å². The minimum absolute atomic E-state index is 0.136. The van der Waals surface area contributed by atoms with Gasteiger partial charge in [-0.05, 0) is 59.2 Å². The molecule has 0 heterocycles. The number of carbonyl (C=O) groups excluding carboxylic acids is 1. The van der Waals surface area contributed by atoms with Gasteiger partial charge in [-0.25, -0.2) is 0 Å². The average Bonchev–Trinajstić information content (AvgIpc) is 2.69. The van der Waals surface area contributed by atoms with E-state index in [4.69, 9.17) is 4.43 Å². The normalized spacial score (nSPS) is 38.2. The molecule has 2 nitrogen and oxygen atoms in total. The predicted molar refractivity (Wildman–Crippen MR) is 102 cm³/mol. The largest absolute Gasteiger partial charge is 0.413 e. The van der Waals surface area contributed by atoms with E-state index in [1.807, 2.05) is 0 Å². The van der Waals surface area contributed by atoms with E-state index >= 15 is 0 Å². The van der Waals surface area contributed by atoms with Gasteiger partial charge in [0.15, 0.2) is 8.32 Å². The molecule has 0 unspecified atom stereocenters. The van der Waals surface area contributed by atoms with E-state index in [9.17, 15) is 4.79 Å². The van der Waals surface area contributed by atoms with E-state index in [0.29, 0.717) is 29.6 Å². The van der Waals surface area contributed by atoms with Gasteiger partial charge in [-0.1, -0.05) is 47.6 Å². The van der Waals surface area contributed by atoms with Crippen molar-refractivity contribution in [3.8, 4) is 0 Å². The molecule has 3 aliphatic rings. The third-order valence-corrected chi connectivity index (χ3v) is 12.1. The van der Waals surface area contributed by atoms with E-state index in [1.54, 1.807) is 0 Å². The molecule has 0 N–H and O–H groups in total. The van der Waals surface area contributed by atoms with Crippen molar-refractivity contribution in [3.05, 3.63) is 11.6 Å². The van der Waals surface area contributed by atoms with Gasteiger partial charge in [0.25, 0.3) is 0 Å². The van der Waals surface area contributed by atoms with Gasteiger partial charge < -0.3 is 4.43 Å². The summed E-state index contributed by atoms with van der Waals surface area (Å²) in [6.07, 6.45) is 5.77. The summed E-state index contributed by atoms with van der Waals surface area (Å²) in [7, 11) is -1.78. The second kappa shape index (κ2) is 5.29. The molecule has 2 saturated carbocycles. The van der Waals surface area contributed by atoms with Crippen LogP contribution in [0.15, 0.2) is 11.6 Å². The lowest BCUT2D eigenvalue weighted by Gasteiger charge is -2.55. The summed E-state index contributed by atoms with van der Waals surface area (Å²) in [6.45, 7) is 19.3. The number of Topliss-reactive ketones (excluding diaryl/α,β-unsaturated/α-hetero) is 1. The minimum atomic E-state index is -1.78. The highest BCUT2D eigenvalue weighted by Gasteiger charge is 2.62. The number of fused-ring (bicyclic) bond motifs is 3. The van der Waals surface area contributed by atoms with Gasteiger partial charge in [-0.15, -0.1) is 0 Å². The lowest BCUT2D eigenvalue weighted by atomic mass is 9.48. The number of allylic oxidation sites excluding steroid dienone is 1. The Hall–Kier alpha value is -0.413. The van der Waals surface area contributed by atoms with Crippen molar-refractivity contribution in [1.82, 2.24) is 0 Å². The molecule has 3 aliphatic carbocycles. The summed E-state index contributed by atoms with van der Waals surface area (Å²) in [5.41, 5.74) is 1.90. The van der Waals surface area contributed by atoms with Crippen LogP contribution in [0.1, 0.15) is 60.8 Å². The molecule has 136 valence electrons. The SMILES string of the molecule is CC1(C)C[C@H]2C=C(CO[Si](C)(C)C(C)(C)C)[C@@H]3C(=O)C[C@]3(C)[C@H]2C1. The van der Waals surface area contributed by atoms with Gasteiger partial charge in [0, 0.05) is 12.3 Å². The Morgan fingerprint density at radius 3 is 2.38 bits per heavy atom. The molecule has 0 aromatic rings. The maximum absolute atomic E-state index is 12.5. The molecule has 0 spiro atoms. The number of hydrogen-bond acceptors (Lipinski definition) is 2. The van der Waals surface area contributed by atoms with E-state index in [1.165, 1.54) is 18.4 Å². The van der Waals surface area contributed by atoms with Gasteiger partial charge in [0.2, 0.25) is 0 Å². The van der Waals surface area contributed by atoms with Crippen molar-refractivity contribution in [1.29, 1.82) is 0 Å². The highest BCUT2D eigenvalue weighted by atomic mass is 28.4. The fourth-order valence-electron chi connectivity index (χ4n) is 5.28. The first-order chi connectivity index (χ1) is 10.8. The van der Waals surface area contributed by atoms with Gasteiger partial charge >= 0.3 is 0 Å². The van der Waals surface area contributed by atoms with Crippen molar-refractivity contribution in [3.63, 3.8) is 0 Å². The second-order valence-corrected chi connectivity index (χ2v) is 16.0. The van der Waals surface area contributed by atoms with Crippen LogP contribution >= 0.6 is 0 Å². The number of ketones is 1. The highest BCUT2D eigenvalue weighted by molar-refractivity contribution is 6.74. The van der Waals surface area contributed by atoms with Gasteiger partial charge in [0.1, 0.15) is 5.78 Å². The zero-order valence-corrected chi connectivity index (χ0v) is 18.0. The number of rotatable bonds is 3. The van der Waals surface area contributed by atoms with Crippen LogP contribution < -0.4 is 0 Å². The molecule has 3 heteroatoms. The van der Waals surface area contributed by atoms with Crippen LogP contribution in [0.4, 0.5) is 0 Å². The van der Waals surface area contributed by atoms with Crippen molar-refractivity contribution in [2.24, 2.45) is 28.6 Å². The van der Waals surface area contributed by atoms with E-state index in [0.717, 1.165) is 6.42 Å². The van der Waals surface area contributed by atoms with Gasteiger partial charge in [0.05, 0.1) is 6.61 Å². The Morgan fingerprint density at radius 2 is 1.83 bits per heavy atom. The molecule has 0 aromatic heterocycles. The molecule has 2 fully saturated rings. The number of hydrogen-bond donors (Lipinski definition) is 0. The highest BCUT2D eigenvalue weighted by Crippen LogP contribution is 2.65. The predicted octanol–water partition coefficient (Wildman–Crippen LogP) is 5.60. The Bertz CT molecular complexity index is 581. The quantitative estimate of drug-likeness (QED) is 0.490. The van der Waals surface area contributed by atoms with Crippen LogP contribution in [-0.2, 0) is 9.22 Å². The zero-order chi connectivity index (χ0) is 18.1. The lowest BCUT2D eigenvalue weighted by Crippen LogP contribution is -2.56. The van der Waals surface area contributed by atoms with E-state index < -0.39 is 8.32 Å². The first kappa shape index (κ1) is 18.4. The molecule has 0 amide bonds. The fourth-order valence-corrected chi connectivity index (χ4v) is 6.24. The summed E-state index contributed by atoms with van der Waals surface area (Å²) in [5.74, 6) is 1.92. The smallest absolute Gasteiger partial charge is 0.192 e. The molecule has 24 heavy (non-hydrogen) atoms. The van der Waals surface area contributed by atoms with E-state index in [2.05, 4.69) is 60.7 Å². The second-order valence-electron chi connectivity index (χ2n) is 11.2. The molecular formula is C21H36O2Si. The molecule has 0 radical (unpaired) electrons. The third-order valence-electron chi connectivity index (χ3n) is 7.67. The Labute approximate surface area is 149 Å². The molecule has 0 aliphatic heterocycles. The average molecular weight is 349 g/mol. The molecule has 0 aromatic carbocycles. The third kappa shape index (κ3) is 2.76. The lowest BCUT2D eigenvalue weighted by molar-refractivity contribution is -0.146. The van der Waals surface area contributed by atoms with Crippen LogP contribution in [0.5, 0.6) is 0 Å². The van der Waals surface area contributed by atoms with Crippen molar-refractivity contribution < 1.29 is 9.22 Å². The summed E-state index contributed by atoms with van der Waals surface area (Å²) >= 11 is 0. The van der Waals surface area contributed by atoms with Crippen LogP contribution in [0.3, 0.4) is 0 Å². The number of carbonyl (C=O) groups is 1. The maximum Gasteiger partial charge on any atom is 0.192 e. The summed E-state index contributed by atoms with van der Waals surface area (Å²) in [5, 5.41) is 0.215. The van der Waals surface area contributed by atoms with Crippen molar-refractivity contribution in [2.45, 2.75) is 78.9 Å². The Morgan fingerprint density at radius 1 is 1.21 bits per heavy atom. The van der Waals surface area contributed by atoms with Crippen molar-refractivity contribution >= 4 is 14.1 Å². The van der Waals surface area contributed by atoms with Crippen LogP contribution in [0.25, 0.3) is 0 Å². The Balaban J connectivity index is 1.84. The van der Waals surface area contributed by atoms with Crippen LogP contribution in [0, 0.1) is 28.6 Å². The topological polar surface area (TPSA) is 26.3 Å². The zero-order valence-electron chi connectivity index (χ0n) is 17.0. The maximum atomic E-state index is 12.5. The first-order valence-electron chi connectivity index (χ1n) is 9.64. The van der Waals surface area contributed by atoms with Crippen LogP contribution in [-0.4, -0.2) is 20.7 Å². The molecule has 4 atom stereocenters. The monoisotopic (exact) mass is 348 g/mol. The molecule has 0 bridgehead atoms. The molecular weight excluding hydrogens is 312 g/mol. The van der Waals surface area contributed by atoms with E-state index in [-0.39, 0.29) is 16.4 Å².